The molecule has 1 aromatic carbocycles. The molecule has 0 bridgehead atoms. The maximum absolute atomic E-state index is 13.4. The van der Waals surface area contributed by atoms with E-state index >= 15 is 0 Å². The Morgan fingerprint density at radius 1 is 1.45 bits per heavy atom. The molecular weight excluding hydrogens is 267 g/mol. The number of aliphatic carboxylic acids is 1. The molecule has 1 saturated carbocycles. The van der Waals surface area contributed by atoms with Gasteiger partial charge in [-0.15, -0.1) is 0 Å². The number of carbonyl (C=O) groups excluding carboxylic acids is 1. The predicted molar refractivity (Wildman–Crippen MR) is 69.3 cm³/mol. The first kappa shape index (κ1) is 14.1. The van der Waals surface area contributed by atoms with Gasteiger partial charge in [0.05, 0.1) is 7.11 Å². The topological polar surface area (TPSA) is 87.7 Å². The first-order valence-electron chi connectivity index (χ1n) is 6.15. The highest BCUT2D eigenvalue weighted by Gasteiger charge is 2.37. The summed E-state index contributed by atoms with van der Waals surface area (Å²) < 4.78 is 18.2. The standard InChI is InChI=1S/C13H15FN2O4/c1-20-10-5-4-8(6-9(10)14)15-13(19)16-11(12(17)18)7-2-3-7/h4-7,11H,2-3H2,1H3,(H,17,18)(H2,15,16,19). The highest BCUT2D eigenvalue weighted by molar-refractivity contribution is 5.92. The number of carboxylic acids is 1. The fourth-order valence-electron chi connectivity index (χ4n) is 1.86. The number of rotatable bonds is 5. The lowest BCUT2D eigenvalue weighted by Crippen LogP contribution is -2.44. The second-order valence-corrected chi connectivity index (χ2v) is 4.60. The minimum Gasteiger partial charge on any atom is -0.494 e. The van der Waals surface area contributed by atoms with Gasteiger partial charge in [-0.1, -0.05) is 0 Å². The molecule has 0 radical (unpaired) electrons. The highest BCUT2D eigenvalue weighted by atomic mass is 19.1. The molecule has 2 rings (SSSR count). The monoisotopic (exact) mass is 282 g/mol. The Labute approximate surface area is 114 Å². The van der Waals surface area contributed by atoms with Crippen LogP contribution in [0.15, 0.2) is 18.2 Å². The maximum atomic E-state index is 13.4. The summed E-state index contributed by atoms with van der Waals surface area (Å²) >= 11 is 0. The number of halogens is 1. The Morgan fingerprint density at radius 2 is 2.15 bits per heavy atom. The van der Waals surface area contributed by atoms with E-state index in [-0.39, 0.29) is 17.4 Å². The Kier molecular flexibility index (Phi) is 4.07. The van der Waals surface area contributed by atoms with E-state index in [1.165, 1.54) is 19.2 Å². The molecule has 1 aliphatic rings. The predicted octanol–water partition coefficient (Wildman–Crippen LogP) is 1.82. The third-order valence-corrected chi connectivity index (χ3v) is 3.06. The van der Waals surface area contributed by atoms with Crippen LogP contribution in [0.1, 0.15) is 12.8 Å². The molecular formula is C13H15FN2O4. The van der Waals surface area contributed by atoms with Crippen molar-refractivity contribution < 1.29 is 23.8 Å². The number of nitrogens with one attached hydrogen (secondary N) is 2. The van der Waals surface area contributed by atoms with Gasteiger partial charge in [0.15, 0.2) is 11.6 Å². The molecule has 3 N–H and O–H groups in total. The van der Waals surface area contributed by atoms with Crippen LogP contribution in [0, 0.1) is 11.7 Å². The van der Waals surface area contributed by atoms with Crippen LogP contribution in [0.4, 0.5) is 14.9 Å². The van der Waals surface area contributed by atoms with E-state index in [9.17, 15) is 14.0 Å². The fraction of sp³-hybridized carbons (Fsp3) is 0.385. The SMILES string of the molecule is COc1ccc(NC(=O)NC(C(=O)O)C2CC2)cc1F. The molecule has 0 aromatic heterocycles. The van der Waals surface area contributed by atoms with Crippen LogP contribution < -0.4 is 15.4 Å². The minimum absolute atomic E-state index is 0.0224. The number of amides is 2. The summed E-state index contributed by atoms with van der Waals surface area (Å²) in [5, 5.41) is 13.8. The summed E-state index contributed by atoms with van der Waals surface area (Å²) in [4.78, 5) is 22.7. The molecule has 20 heavy (non-hydrogen) atoms. The molecule has 0 heterocycles. The van der Waals surface area contributed by atoms with Gasteiger partial charge in [0.2, 0.25) is 0 Å². The number of hydrogen-bond acceptors (Lipinski definition) is 3. The van der Waals surface area contributed by atoms with Gasteiger partial charge in [0.25, 0.3) is 0 Å². The summed E-state index contributed by atoms with van der Waals surface area (Å²) in [5.74, 6) is -1.63. The van der Waals surface area contributed by atoms with E-state index in [1.807, 2.05) is 0 Å². The van der Waals surface area contributed by atoms with Crippen molar-refractivity contribution in [3.63, 3.8) is 0 Å². The Hall–Kier alpha value is -2.31. The molecule has 6 nitrogen and oxygen atoms in total. The van der Waals surface area contributed by atoms with Crippen LogP contribution in [0.5, 0.6) is 5.75 Å². The number of ether oxygens (including phenoxy) is 1. The van der Waals surface area contributed by atoms with Gasteiger partial charge in [-0.05, 0) is 30.9 Å². The van der Waals surface area contributed by atoms with E-state index < -0.39 is 23.9 Å². The zero-order chi connectivity index (χ0) is 14.7. The first-order valence-corrected chi connectivity index (χ1v) is 6.15. The van der Waals surface area contributed by atoms with Crippen molar-refractivity contribution >= 4 is 17.7 Å². The summed E-state index contributed by atoms with van der Waals surface area (Å²) in [6.07, 6.45) is 1.57. The number of hydrogen-bond donors (Lipinski definition) is 3. The van der Waals surface area contributed by atoms with E-state index in [1.54, 1.807) is 0 Å². The van der Waals surface area contributed by atoms with E-state index in [0.717, 1.165) is 18.9 Å². The number of urea groups is 1. The summed E-state index contributed by atoms with van der Waals surface area (Å²) in [7, 11) is 1.34. The van der Waals surface area contributed by atoms with Crippen LogP contribution >= 0.6 is 0 Å². The van der Waals surface area contributed by atoms with Crippen molar-refractivity contribution in [2.24, 2.45) is 5.92 Å². The summed E-state index contributed by atoms with van der Waals surface area (Å²) in [6.45, 7) is 0. The average molecular weight is 282 g/mol. The average Bonchev–Trinajstić information content (AvgIpc) is 3.20. The highest BCUT2D eigenvalue weighted by Crippen LogP contribution is 2.32. The van der Waals surface area contributed by atoms with Crippen molar-refractivity contribution in [3.05, 3.63) is 24.0 Å². The van der Waals surface area contributed by atoms with Gasteiger partial charge in [-0.3, -0.25) is 0 Å². The molecule has 1 aliphatic carbocycles. The van der Waals surface area contributed by atoms with Gasteiger partial charge >= 0.3 is 12.0 Å². The van der Waals surface area contributed by atoms with Gasteiger partial charge in [-0.2, -0.15) is 0 Å². The van der Waals surface area contributed by atoms with E-state index in [2.05, 4.69) is 10.6 Å². The van der Waals surface area contributed by atoms with Crippen molar-refractivity contribution in [2.45, 2.75) is 18.9 Å². The van der Waals surface area contributed by atoms with E-state index in [0.29, 0.717) is 0 Å². The fourth-order valence-corrected chi connectivity index (χ4v) is 1.86. The van der Waals surface area contributed by atoms with Gasteiger partial charge in [0.1, 0.15) is 6.04 Å². The third-order valence-electron chi connectivity index (χ3n) is 3.06. The second kappa shape index (κ2) is 5.77. The van der Waals surface area contributed by atoms with E-state index in [4.69, 9.17) is 9.84 Å². The van der Waals surface area contributed by atoms with Crippen LogP contribution in [0.2, 0.25) is 0 Å². The molecule has 1 atom stereocenters. The van der Waals surface area contributed by atoms with Crippen LogP contribution in [-0.2, 0) is 4.79 Å². The van der Waals surface area contributed by atoms with Gasteiger partial charge in [-0.25, -0.2) is 14.0 Å². The molecule has 1 fully saturated rings. The molecule has 0 aliphatic heterocycles. The van der Waals surface area contributed by atoms with Gasteiger partial charge < -0.3 is 20.5 Å². The first-order chi connectivity index (χ1) is 9.51. The molecule has 108 valence electrons. The van der Waals surface area contributed by atoms with Crippen LogP contribution in [0.3, 0.4) is 0 Å². The maximum Gasteiger partial charge on any atom is 0.326 e. The Balaban J connectivity index is 1.97. The molecule has 1 unspecified atom stereocenters. The van der Waals surface area contributed by atoms with Crippen LogP contribution in [-0.4, -0.2) is 30.3 Å². The molecule has 1 aromatic rings. The number of carboxylic acid groups (broad SMARTS) is 1. The molecule has 0 spiro atoms. The number of anilines is 1. The number of methoxy groups -OCH3 is 1. The van der Waals surface area contributed by atoms with Crippen molar-refractivity contribution in [2.75, 3.05) is 12.4 Å². The normalized spacial score (nSPS) is 15.3. The summed E-state index contributed by atoms with van der Waals surface area (Å²) in [5.41, 5.74) is 0.223. The third kappa shape index (κ3) is 3.37. The molecule has 7 heteroatoms. The Bertz CT molecular complexity index is 531. The van der Waals surface area contributed by atoms with Crippen molar-refractivity contribution in [1.82, 2.24) is 5.32 Å². The molecule has 2 amide bonds. The van der Waals surface area contributed by atoms with Crippen LogP contribution in [0.25, 0.3) is 0 Å². The lowest BCUT2D eigenvalue weighted by Gasteiger charge is -2.14. The zero-order valence-corrected chi connectivity index (χ0v) is 10.9. The Morgan fingerprint density at radius 3 is 2.65 bits per heavy atom. The zero-order valence-electron chi connectivity index (χ0n) is 10.9. The van der Waals surface area contributed by atoms with Crippen molar-refractivity contribution in [3.8, 4) is 5.75 Å². The molecule has 0 saturated heterocycles. The van der Waals surface area contributed by atoms with Crippen molar-refractivity contribution in [1.29, 1.82) is 0 Å². The smallest absolute Gasteiger partial charge is 0.326 e. The lowest BCUT2D eigenvalue weighted by molar-refractivity contribution is -0.139. The minimum atomic E-state index is -1.07. The second-order valence-electron chi connectivity index (χ2n) is 4.60. The largest absolute Gasteiger partial charge is 0.494 e. The quantitative estimate of drug-likeness (QED) is 0.768. The van der Waals surface area contributed by atoms with Gasteiger partial charge in [0, 0.05) is 11.8 Å². The lowest BCUT2D eigenvalue weighted by atomic mass is 10.2. The number of carbonyl (C=O) groups is 2. The number of benzene rings is 1. The summed E-state index contributed by atoms with van der Waals surface area (Å²) in [6, 6.07) is 2.37.